The summed E-state index contributed by atoms with van der Waals surface area (Å²) >= 11 is 0. The van der Waals surface area contributed by atoms with E-state index in [1.54, 1.807) is 0 Å². The molecule has 2 bridgehead atoms. The average molecular weight is 265 g/mol. The van der Waals surface area contributed by atoms with Crippen molar-refractivity contribution in [3.8, 4) is 0 Å². The average Bonchev–Trinajstić information content (AvgIpc) is 2.85. The van der Waals surface area contributed by atoms with Gasteiger partial charge < -0.3 is 20.7 Å². The fourth-order valence-corrected chi connectivity index (χ4v) is 2.75. The fourth-order valence-electron chi connectivity index (χ4n) is 2.75. The number of nitrogen functional groups attached to an aromatic ring is 1. The maximum Gasteiger partial charge on any atom is 0.351 e. The second-order valence-electron chi connectivity index (χ2n) is 4.76. The molecule has 9 nitrogen and oxygen atoms in total. The summed E-state index contributed by atoms with van der Waals surface area (Å²) in [5, 5.41) is 19.9. The first kappa shape index (κ1) is 10.9. The first-order valence-electron chi connectivity index (χ1n) is 5.82. The van der Waals surface area contributed by atoms with Gasteiger partial charge in [0.05, 0.1) is 12.9 Å². The molecule has 2 aromatic rings. The van der Waals surface area contributed by atoms with Crippen molar-refractivity contribution in [1.82, 2.24) is 19.1 Å². The Morgan fingerprint density at radius 2 is 2.21 bits per heavy atom. The lowest BCUT2D eigenvalue weighted by atomic mass is 10.1. The summed E-state index contributed by atoms with van der Waals surface area (Å²) in [6, 6.07) is 0. The predicted molar refractivity (Wildman–Crippen MR) is 62.1 cm³/mol. The molecule has 2 aliphatic heterocycles. The second kappa shape index (κ2) is 3.32. The third-order valence-corrected chi connectivity index (χ3v) is 3.69. The second-order valence-corrected chi connectivity index (χ2v) is 4.76. The van der Waals surface area contributed by atoms with E-state index in [1.807, 2.05) is 0 Å². The fraction of sp³-hybridized carbons (Fsp3) is 0.500. The number of hydrogen-bond donors (Lipinski definition) is 3. The molecule has 0 unspecified atom stereocenters. The lowest BCUT2D eigenvalue weighted by Crippen LogP contribution is -2.39. The summed E-state index contributed by atoms with van der Waals surface area (Å²) in [7, 11) is 0. The molecule has 4 heterocycles. The Morgan fingerprint density at radius 3 is 3.00 bits per heavy atom. The minimum absolute atomic E-state index is 0.0443. The molecule has 4 N–H and O–H groups in total. The van der Waals surface area contributed by atoms with E-state index >= 15 is 0 Å². The molecule has 0 radical (unpaired) electrons. The Hall–Kier alpha value is -1.97. The number of aliphatic hydroxyl groups excluding tert-OH is 2. The maximum atomic E-state index is 11.9. The van der Waals surface area contributed by atoms with Gasteiger partial charge in [-0.05, 0) is 0 Å². The third-order valence-electron chi connectivity index (χ3n) is 3.69. The summed E-state index contributed by atoms with van der Waals surface area (Å²) in [6.07, 6.45) is -2.14. The van der Waals surface area contributed by atoms with Gasteiger partial charge in [-0.25, -0.2) is 9.78 Å². The quantitative estimate of drug-likeness (QED) is 0.493. The molecular weight excluding hydrogens is 254 g/mol. The van der Waals surface area contributed by atoms with Gasteiger partial charge in [0, 0.05) is 0 Å². The smallest absolute Gasteiger partial charge is 0.351 e. The summed E-state index contributed by atoms with van der Waals surface area (Å²) in [6.45, 7) is 0.100. The van der Waals surface area contributed by atoms with Crippen molar-refractivity contribution in [2.45, 2.75) is 31.1 Å². The molecular formula is C10H11N5O4. The van der Waals surface area contributed by atoms with Gasteiger partial charge in [0.25, 0.3) is 0 Å². The van der Waals surface area contributed by atoms with Gasteiger partial charge in [-0.2, -0.15) is 4.98 Å². The first-order valence-corrected chi connectivity index (χ1v) is 5.82. The molecule has 100 valence electrons. The molecule has 0 spiro atoms. The summed E-state index contributed by atoms with van der Waals surface area (Å²) in [4.78, 5) is 19.7. The topological polar surface area (TPSA) is 128 Å². The zero-order valence-electron chi connectivity index (χ0n) is 9.67. The predicted octanol–water partition coefficient (Wildman–Crippen LogP) is -2.19. The standard InChI is InChI=1S/C10H11N5O4/c11-7-4-8-14(10(18)13-7)1-3-5(16)6(17)9(19-3)15(8)2-12-4/h2-3,5-6,9,16-17H,1H2,(H2,11,13,18)/t3-,5-,6-,9-/m1/s1. The van der Waals surface area contributed by atoms with Crippen LogP contribution in [-0.2, 0) is 11.3 Å². The summed E-state index contributed by atoms with van der Waals surface area (Å²) in [5.41, 5.74) is 5.99. The number of aromatic nitrogens is 4. The minimum atomic E-state index is -1.07. The monoisotopic (exact) mass is 265 g/mol. The van der Waals surface area contributed by atoms with Crippen LogP contribution in [0.15, 0.2) is 11.1 Å². The molecule has 2 aromatic heterocycles. The van der Waals surface area contributed by atoms with Crippen LogP contribution in [0.2, 0.25) is 0 Å². The molecule has 9 heteroatoms. The van der Waals surface area contributed by atoms with Gasteiger partial charge in [0.15, 0.2) is 17.7 Å². The van der Waals surface area contributed by atoms with Crippen LogP contribution in [0.1, 0.15) is 6.23 Å². The van der Waals surface area contributed by atoms with E-state index in [2.05, 4.69) is 9.97 Å². The summed E-state index contributed by atoms with van der Waals surface area (Å²) in [5.74, 6) is 0.0443. The minimum Gasteiger partial charge on any atom is -0.387 e. The molecule has 0 amide bonds. The lowest BCUT2D eigenvalue weighted by Gasteiger charge is -2.19. The number of rotatable bonds is 0. The van der Waals surface area contributed by atoms with Crippen molar-refractivity contribution in [2.24, 2.45) is 0 Å². The molecule has 4 rings (SSSR count). The molecule has 4 atom stereocenters. The zero-order chi connectivity index (χ0) is 13.3. The van der Waals surface area contributed by atoms with E-state index in [9.17, 15) is 15.0 Å². The molecule has 1 fully saturated rings. The normalized spacial score (nSPS) is 32.7. The van der Waals surface area contributed by atoms with Gasteiger partial charge in [0.1, 0.15) is 23.8 Å². The Balaban J connectivity index is 2.10. The number of ether oxygens (including phenoxy) is 1. The van der Waals surface area contributed by atoms with E-state index in [-0.39, 0.29) is 12.4 Å². The number of fused-ring (bicyclic) bond motifs is 3. The van der Waals surface area contributed by atoms with E-state index in [4.69, 9.17) is 10.5 Å². The highest BCUT2D eigenvalue weighted by Crippen LogP contribution is 2.35. The highest BCUT2D eigenvalue weighted by molar-refractivity contribution is 5.82. The van der Waals surface area contributed by atoms with Crippen molar-refractivity contribution in [1.29, 1.82) is 0 Å². The van der Waals surface area contributed by atoms with Crippen molar-refractivity contribution < 1.29 is 14.9 Å². The number of imidazole rings is 1. The Morgan fingerprint density at radius 1 is 1.42 bits per heavy atom. The number of anilines is 1. The van der Waals surface area contributed by atoms with E-state index < -0.39 is 30.2 Å². The molecule has 0 aromatic carbocycles. The van der Waals surface area contributed by atoms with Crippen molar-refractivity contribution in [3.63, 3.8) is 0 Å². The van der Waals surface area contributed by atoms with Gasteiger partial charge in [-0.3, -0.25) is 9.13 Å². The van der Waals surface area contributed by atoms with E-state index in [0.717, 1.165) is 0 Å². The first-order chi connectivity index (χ1) is 9.08. The lowest BCUT2D eigenvalue weighted by molar-refractivity contribution is -0.0331. The van der Waals surface area contributed by atoms with Crippen LogP contribution in [0.25, 0.3) is 11.2 Å². The van der Waals surface area contributed by atoms with Crippen LogP contribution in [0.4, 0.5) is 5.82 Å². The number of aliphatic hydroxyl groups is 2. The van der Waals surface area contributed by atoms with Crippen molar-refractivity contribution in [2.75, 3.05) is 5.73 Å². The van der Waals surface area contributed by atoms with Gasteiger partial charge in [-0.15, -0.1) is 0 Å². The van der Waals surface area contributed by atoms with Crippen LogP contribution >= 0.6 is 0 Å². The Kier molecular flexibility index (Phi) is 1.91. The molecule has 19 heavy (non-hydrogen) atoms. The maximum absolute atomic E-state index is 11.9. The van der Waals surface area contributed by atoms with Gasteiger partial charge in [0.2, 0.25) is 0 Å². The number of hydrogen-bond acceptors (Lipinski definition) is 7. The third kappa shape index (κ3) is 1.21. The number of nitrogens with zero attached hydrogens (tertiary/aromatic N) is 4. The SMILES string of the molecule is Nc1nc(=O)n2c3c1ncn3[C@@H]1O[C@H](C2)[C@@H](O)[C@H]1O. The largest absolute Gasteiger partial charge is 0.387 e. The molecule has 1 saturated heterocycles. The van der Waals surface area contributed by atoms with Crippen LogP contribution in [0.3, 0.4) is 0 Å². The highest BCUT2D eigenvalue weighted by Gasteiger charge is 2.46. The van der Waals surface area contributed by atoms with Crippen molar-refractivity contribution in [3.05, 3.63) is 16.8 Å². The van der Waals surface area contributed by atoms with Gasteiger partial charge in [-0.1, -0.05) is 0 Å². The molecule has 0 aliphatic carbocycles. The van der Waals surface area contributed by atoms with Gasteiger partial charge >= 0.3 is 5.69 Å². The van der Waals surface area contributed by atoms with E-state index in [1.165, 1.54) is 15.5 Å². The Bertz CT molecular complexity index is 737. The summed E-state index contributed by atoms with van der Waals surface area (Å²) < 4.78 is 8.44. The van der Waals surface area contributed by atoms with Crippen LogP contribution < -0.4 is 11.4 Å². The highest BCUT2D eigenvalue weighted by atomic mass is 16.6. The van der Waals surface area contributed by atoms with E-state index in [0.29, 0.717) is 11.2 Å². The van der Waals surface area contributed by atoms with Crippen LogP contribution in [-0.4, -0.2) is 47.6 Å². The van der Waals surface area contributed by atoms with Crippen LogP contribution in [0.5, 0.6) is 0 Å². The molecule has 0 saturated carbocycles. The Labute approximate surface area is 105 Å². The van der Waals surface area contributed by atoms with Crippen molar-refractivity contribution >= 4 is 17.0 Å². The van der Waals surface area contributed by atoms with Crippen LogP contribution in [0, 0.1) is 0 Å². The molecule has 2 aliphatic rings. The zero-order valence-corrected chi connectivity index (χ0v) is 9.67. The number of nitrogens with two attached hydrogens (primary N) is 1.